The summed E-state index contributed by atoms with van der Waals surface area (Å²) in [5.41, 5.74) is -1.98. The highest BCUT2D eigenvalue weighted by atomic mass is 32.2. The van der Waals surface area contributed by atoms with Gasteiger partial charge >= 0.3 is 0 Å². The van der Waals surface area contributed by atoms with Crippen molar-refractivity contribution in [1.82, 2.24) is 0 Å². The Morgan fingerprint density at radius 3 is 1.86 bits per heavy atom. The third-order valence-electron chi connectivity index (χ3n) is 0.465. The van der Waals surface area contributed by atoms with Crippen LogP contribution in [0.15, 0.2) is 0 Å². The molecule has 4 heteroatoms. The Hall–Kier alpha value is -0.120. The molecule has 0 saturated carbocycles. The molecule has 0 rings (SSSR count). The van der Waals surface area contributed by atoms with Crippen molar-refractivity contribution in [3.05, 3.63) is 6.92 Å². The van der Waals surface area contributed by atoms with Gasteiger partial charge in [-0.25, -0.2) is 12.8 Å². The lowest BCUT2D eigenvalue weighted by Gasteiger charge is -1.92. The summed E-state index contributed by atoms with van der Waals surface area (Å²) in [6.45, 7) is 2.66. The average Bonchev–Trinajstić information content (AvgIpc) is 1.31. The lowest BCUT2D eigenvalue weighted by atomic mass is 10.9. The molecule has 0 aliphatic rings. The SMILES string of the molecule is [CH2]C(F)S(C)(=O)=O. The Bertz CT molecular complexity index is 135. The zero-order valence-electron chi connectivity index (χ0n) is 3.89. The maximum Gasteiger partial charge on any atom is 0.200 e. The lowest BCUT2D eigenvalue weighted by Crippen LogP contribution is -2.08. The van der Waals surface area contributed by atoms with Crippen LogP contribution < -0.4 is 0 Å². The Labute approximate surface area is 42.3 Å². The van der Waals surface area contributed by atoms with Crippen LogP contribution in [0.4, 0.5) is 4.39 Å². The van der Waals surface area contributed by atoms with Crippen LogP contribution in [0.5, 0.6) is 0 Å². The predicted octanol–water partition coefficient (Wildman–Crippen LogP) is 0.161. The van der Waals surface area contributed by atoms with Crippen LogP contribution in [-0.2, 0) is 9.84 Å². The summed E-state index contributed by atoms with van der Waals surface area (Å²) < 4.78 is 31.3. The fourth-order valence-electron chi connectivity index (χ4n) is 0. The molecule has 0 spiro atoms. The molecule has 1 radical (unpaired) electrons. The van der Waals surface area contributed by atoms with E-state index in [1.807, 2.05) is 0 Å². The Morgan fingerprint density at radius 2 is 1.86 bits per heavy atom. The highest BCUT2D eigenvalue weighted by molar-refractivity contribution is 7.91. The van der Waals surface area contributed by atoms with E-state index < -0.39 is 15.3 Å². The van der Waals surface area contributed by atoms with Crippen molar-refractivity contribution in [3.63, 3.8) is 0 Å². The molecule has 1 unspecified atom stereocenters. The van der Waals surface area contributed by atoms with E-state index in [2.05, 4.69) is 6.92 Å². The van der Waals surface area contributed by atoms with E-state index in [-0.39, 0.29) is 0 Å². The molecule has 0 bridgehead atoms. The third-order valence-corrected chi connectivity index (χ3v) is 1.39. The van der Waals surface area contributed by atoms with E-state index in [0.717, 1.165) is 6.26 Å². The van der Waals surface area contributed by atoms with Gasteiger partial charge in [-0.2, -0.15) is 0 Å². The van der Waals surface area contributed by atoms with Crippen LogP contribution in [0, 0.1) is 6.92 Å². The molecule has 0 amide bonds. The molecule has 0 aliphatic heterocycles. The van der Waals surface area contributed by atoms with Crippen molar-refractivity contribution in [3.8, 4) is 0 Å². The zero-order valence-corrected chi connectivity index (χ0v) is 4.70. The molecular weight excluding hydrogens is 119 g/mol. The maximum atomic E-state index is 11.5. The number of halogens is 1. The smallest absolute Gasteiger partial charge is 0.200 e. The standard InChI is InChI=1S/C3H6FO2S/c1-3(4)7(2,5)6/h3H,1H2,2H3. The number of sulfone groups is 1. The molecule has 0 fully saturated rings. The van der Waals surface area contributed by atoms with Gasteiger partial charge < -0.3 is 0 Å². The second-order valence-corrected chi connectivity index (χ2v) is 3.41. The van der Waals surface area contributed by atoms with E-state index in [9.17, 15) is 12.8 Å². The molecular formula is C3H6FO2S. The Morgan fingerprint density at radius 1 is 1.71 bits per heavy atom. The van der Waals surface area contributed by atoms with Crippen LogP contribution in [0.3, 0.4) is 0 Å². The molecule has 0 heterocycles. The van der Waals surface area contributed by atoms with Crippen molar-refractivity contribution in [2.24, 2.45) is 0 Å². The van der Waals surface area contributed by atoms with E-state index in [1.165, 1.54) is 0 Å². The van der Waals surface area contributed by atoms with Crippen molar-refractivity contribution in [1.29, 1.82) is 0 Å². The molecule has 0 saturated heterocycles. The molecule has 0 N–H and O–H groups in total. The first-order valence-corrected chi connectivity index (χ1v) is 3.56. The normalized spacial score (nSPS) is 16.4. The minimum Gasteiger partial charge on any atom is -0.230 e. The van der Waals surface area contributed by atoms with Crippen molar-refractivity contribution < 1.29 is 12.8 Å². The monoisotopic (exact) mass is 125 g/mol. The fourth-order valence-corrected chi connectivity index (χ4v) is 0. The van der Waals surface area contributed by atoms with Crippen LogP contribution in [0.1, 0.15) is 0 Å². The minimum absolute atomic E-state index is 0.796. The quantitative estimate of drug-likeness (QED) is 0.500. The van der Waals surface area contributed by atoms with Gasteiger partial charge in [0.1, 0.15) is 0 Å². The van der Waals surface area contributed by atoms with Crippen LogP contribution in [-0.4, -0.2) is 20.2 Å². The van der Waals surface area contributed by atoms with Crippen molar-refractivity contribution in [2.75, 3.05) is 6.26 Å². The van der Waals surface area contributed by atoms with E-state index in [0.29, 0.717) is 0 Å². The zero-order chi connectivity index (χ0) is 6.08. The van der Waals surface area contributed by atoms with Gasteiger partial charge in [0.25, 0.3) is 0 Å². The molecule has 0 aromatic heterocycles. The Balaban J connectivity index is 4.10. The van der Waals surface area contributed by atoms with E-state index in [1.54, 1.807) is 0 Å². The topological polar surface area (TPSA) is 34.1 Å². The lowest BCUT2D eigenvalue weighted by molar-refractivity contribution is 0.475. The van der Waals surface area contributed by atoms with Gasteiger partial charge in [-0.3, -0.25) is 0 Å². The maximum absolute atomic E-state index is 11.5. The second-order valence-electron chi connectivity index (χ2n) is 1.24. The molecule has 2 nitrogen and oxygen atoms in total. The second kappa shape index (κ2) is 1.78. The summed E-state index contributed by atoms with van der Waals surface area (Å²) in [5.74, 6) is 0. The van der Waals surface area contributed by atoms with E-state index >= 15 is 0 Å². The first-order chi connectivity index (χ1) is 2.94. The Kier molecular flexibility index (Phi) is 1.75. The molecule has 7 heavy (non-hydrogen) atoms. The minimum atomic E-state index is -3.52. The average molecular weight is 125 g/mol. The van der Waals surface area contributed by atoms with Crippen LogP contribution in [0.2, 0.25) is 0 Å². The number of alkyl halides is 1. The first-order valence-electron chi connectivity index (χ1n) is 1.60. The molecule has 43 valence electrons. The first kappa shape index (κ1) is 6.88. The summed E-state index contributed by atoms with van der Waals surface area (Å²) >= 11 is 0. The van der Waals surface area contributed by atoms with Crippen LogP contribution in [0.25, 0.3) is 0 Å². The highest BCUT2D eigenvalue weighted by Gasteiger charge is 2.10. The summed E-state index contributed by atoms with van der Waals surface area (Å²) in [6.07, 6.45) is 0.796. The summed E-state index contributed by atoms with van der Waals surface area (Å²) in [7, 11) is -3.52. The van der Waals surface area contributed by atoms with Crippen LogP contribution >= 0.6 is 0 Å². The molecule has 0 aliphatic carbocycles. The van der Waals surface area contributed by atoms with Crippen molar-refractivity contribution >= 4 is 9.84 Å². The summed E-state index contributed by atoms with van der Waals surface area (Å²) in [4.78, 5) is 0. The predicted molar refractivity (Wildman–Crippen MR) is 25.1 cm³/mol. The molecule has 0 aromatic carbocycles. The largest absolute Gasteiger partial charge is 0.230 e. The van der Waals surface area contributed by atoms with Gasteiger partial charge in [0, 0.05) is 6.26 Å². The van der Waals surface area contributed by atoms with Gasteiger partial charge in [0.2, 0.25) is 5.50 Å². The fraction of sp³-hybridized carbons (Fsp3) is 0.667. The van der Waals surface area contributed by atoms with E-state index in [4.69, 9.17) is 0 Å². The summed E-state index contributed by atoms with van der Waals surface area (Å²) in [6, 6.07) is 0. The highest BCUT2D eigenvalue weighted by Crippen LogP contribution is 1.95. The van der Waals surface area contributed by atoms with Gasteiger partial charge in [-0.15, -0.1) is 0 Å². The van der Waals surface area contributed by atoms with Gasteiger partial charge in [-0.05, 0) is 6.92 Å². The van der Waals surface area contributed by atoms with Gasteiger partial charge in [0.05, 0.1) is 0 Å². The number of rotatable bonds is 1. The van der Waals surface area contributed by atoms with Crippen molar-refractivity contribution in [2.45, 2.75) is 5.50 Å². The third kappa shape index (κ3) is 2.56. The number of hydrogen-bond acceptors (Lipinski definition) is 2. The van der Waals surface area contributed by atoms with Gasteiger partial charge in [-0.1, -0.05) is 0 Å². The molecule has 0 aromatic rings. The molecule has 1 atom stereocenters. The number of hydrogen-bond donors (Lipinski definition) is 0. The van der Waals surface area contributed by atoms with Gasteiger partial charge in [0.15, 0.2) is 9.84 Å². The summed E-state index contributed by atoms with van der Waals surface area (Å²) in [5, 5.41) is 0.